The summed E-state index contributed by atoms with van der Waals surface area (Å²) in [5.74, 6) is 0. The molecule has 0 bridgehead atoms. The molecule has 1 saturated heterocycles. The van der Waals surface area contributed by atoms with Gasteiger partial charge in [0.15, 0.2) is 0 Å². The van der Waals surface area contributed by atoms with Gasteiger partial charge >= 0.3 is 0 Å². The van der Waals surface area contributed by atoms with E-state index in [0.29, 0.717) is 11.6 Å². The van der Waals surface area contributed by atoms with E-state index in [0.717, 1.165) is 32.0 Å². The summed E-state index contributed by atoms with van der Waals surface area (Å²) in [7, 11) is 2.03. The van der Waals surface area contributed by atoms with Crippen LogP contribution in [0.4, 0.5) is 5.69 Å². The van der Waals surface area contributed by atoms with Crippen molar-refractivity contribution in [1.29, 1.82) is 5.26 Å². The van der Waals surface area contributed by atoms with Crippen LogP contribution in [0.1, 0.15) is 5.56 Å². The van der Waals surface area contributed by atoms with Crippen LogP contribution in [0.25, 0.3) is 0 Å². The van der Waals surface area contributed by atoms with Gasteiger partial charge in [0.1, 0.15) is 0 Å². The lowest BCUT2D eigenvalue weighted by Gasteiger charge is -2.29. The van der Waals surface area contributed by atoms with Gasteiger partial charge in [-0.2, -0.15) is 5.26 Å². The topological polar surface area (TPSA) is 48.3 Å². The van der Waals surface area contributed by atoms with Crippen LogP contribution >= 0.6 is 0 Å². The summed E-state index contributed by atoms with van der Waals surface area (Å²) in [6.45, 7) is 3.35. The predicted molar refractivity (Wildman–Crippen MR) is 67.0 cm³/mol. The SMILES string of the molecule is CN(CC1COCCN1)c1cccc(C#N)c1. The van der Waals surface area contributed by atoms with Gasteiger partial charge in [-0.3, -0.25) is 0 Å². The van der Waals surface area contributed by atoms with Crippen molar-refractivity contribution in [3.05, 3.63) is 29.8 Å². The highest BCUT2D eigenvalue weighted by Gasteiger charge is 2.15. The molecule has 1 unspecified atom stereocenters. The zero-order valence-electron chi connectivity index (χ0n) is 10.0. The molecule has 2 rings (SSSR count). The fraction of sp³-hybridized carbons (Fsp3) is 0.462. The zero-order chi connectivity index (χ0) is 12.1. The Morgan fingerprint density at radius 1 is 1.59 bits per heavy atom. The second-order valence-corrected chi connectivity index (χ2v) is 4.27. The Labute approximate surface area is 102 Å². The molecule has 0 radical (unpaired) electrons. The third kappa shape index (κ3) is 3.19. The molecule has 1 aromatic rings. The molecule has 0 aliphatic carbocycles. The zero-order valence-corrected chi connectivity index (χ0v) is 10.0. The number of nitrogens with zero attached hydrogens (tertiary/aromatic N) is 2. The maximum Gasteiger partial charge on any atom is 0.0992 e. The maximum atomic E-state index is 8.86. The van der Waals surface area contributed by atoms with E-state index in [1.807, 2.05) is 31.3 Å². The van der Waals surface area contributed by atoms with Gasteiger partial charge in [0.25, 0.3) is 0 Å². The van der Waals surface area contributed by atoms with Crippen molar-refractivity contribution in [2.45, 2.75) is 6.04 Å². The Morgan fingerprint density at radius 3 is 3.18 bits per heavy atom. The lowest BCUT2D eigenvalue weighted by atomic mass is 10.2. The fourth-order valence-corrected chi connectivity index (χ4v) is 1.99. The molecule has 1 heterocycles. The average molecular weight is 231 g/mol. The Balaban J connectivity index is 1.98. The molecular formula is C13H17N3O. The molecule has 0 aromatic heterocycles. The first-order valence-electron chi connectivity index (χ1n) is 5.82. The number of nitrogens with one attached hydrogen (secondary N) is 1. The van der Waals surface area contributed by atoms with Crippen molar-refractivity contribution in [3.63, 3.8) is 0 Å². The molecule has 4 heteroatoms. The number of anilines is 1. The lowest BCUT2D eigenvalue weighted by Crippen LogP contribution is -2.47. The smallest absolute Gasteiger partial charge is 0.0992 e. The lowest BCUT2D eigenvalue weighted by molar-refractivity contribution is 0.0791. The van der Waals surface area contributed by atoms with Crippen molar-refractivity contribution >= 4 is 5.69 Å². The summed E-state index contributed by atoms with van der Waals surface area (Å²) in [6, 6.07) is 10.2. The molecule has 1 aromatic carbocycles. The van der Waals surface area contributed by atoms with Crippen LogP contribution in [0.3, 0.4) is 0 Å². The first-order chi connectivity index (χ1) is 8.29. The molecule has 4 nitrogen and oxygen atoms in total. The molecule has 0 saturated carbocycles. The number of rotatable bonds is 3. The summed E-state index contributed by atoms with van der Waals surface area (Å²) >= 11 is 0. The van der Waals surface area contributed by atoms with E-state index in [1.54, 1.807) is 0 Å². The molecule has 0 spiro atoms. The van der Waals surface area contributed by atoms with E-state index in [2.05, 4.69) is 16.3 Å². The van der Waals surface area contributed by atoms with Crippen LogP contribution in [0.15, 0.2) is 24.3 Å². The van der Waals surface area contributed by atoms with Gasteiger partial charge in [0.2, 0.25) is 0 Å². The van der Waals surface area contributed by atoms with Gasteiger partial charge in [0, 0.05) is 31.9 Å². The number of hydrogen-bond donors (Lipinski definition) is 1. The third-order valence-electron chi connectivity index (χ3n) is 2.91. The van der Waals surface area contributed by atoms with E-state index in [9.17, 15) is 0 Å². The van der Waals surface area contributed by atoms with Crippen molar-refractivity contribution in [1.82, 2.24) is 5.32 Å². The summed E-state index contributed by atoms with van der Waals surface area (Å²) in [5, 5.41) is 12.3. The average Bonchev–Trinajstić information content (AvgIpc) is 2.40. The highest BCUT2D eigenvalue weighted by molar-refractivity contribution is 5.51. The van der Waals surface area contributed by atoms with Crippen molar-refractivity contribution in [2.24, 2.45) is 0 Å². The van der Waals surface area contributed by atoms with Gasteiger partial charge in [-0.15, -0.1) is 0 Å². The first-order valence-corrected chi connectivity index (χ1v) is 5.82. The molecule has 90 valence electrons. The van der Waals surface area contributed by atoms with Gasteiger partial charge < -0.3 is 15.0 Å². The summed E-state index contributed by atoms with van der Waals surface area (Å²) in [5.41, 5.74) is 1.76. The number of morpholine rings is 1. The number of hydrogen-bond acceptors (Lipinski definition) is 4. The number of nitriles is 1. The van der Waals surface area contributed by atoms with Crippen LogP contribution in [0.5, 0.6) is 0 Å². The predicted octanol–water partition coefficient (Wildman–Crippen LogP) is 0.983. The highest BCUT2D eigenvalue weighted by Crippen LogP contribution is 2.14. The molecule has 1 N–H and O–H groups in total. The summed E-state index contributed by atoms with van der Waals surface area (Å²) < 4.78 is 5.42. The first kappa shape index (κ1) is 11.9. The van der Waals surface area contributed by atoms with Gasteiger partial charge in [-0.25, -0.2) is 0 Å². The normalized spacial score (nSPS) is 19.6. The number of likely N-dealkylation sites (N-methyl/N-ethyl adjacent to an activating group) is 1. The number of benzene rings is 1. The third-order valence-corrected chi connectivity index (χ3v) is 2.91. The Hall–Kier alpha value is -1.57. The molecule has 1 aliphatic rings. The van der Waals surface area contributed by atoms with Crippen LogP contribution in [-0.2, 0) is 4.74 Å². The molecule has 1 aliphatic heterocycles. The monoisotopic (exact) mass is 231 g/mol. The Bertz CT molecular complexity index is 407. The van der Waals surface area contributed by atoms with E-state index in [1.165, 1.54) is 0 Å². The van der Waals surface area contributed by atoms with Crippen LogP contribution < -0.4 is 10.2 Å². The minimum Gasteiger partial charge on any atom is -0.378 e. The van der Waals surface area contributed by atoms with Crippen molar-refractivity contribution < 1.29 is 4.74 Å². The maximum absolute atomic E-state index is 8.86. The van der Waals surface area contributed by atoms with Crippen LogP contribution in [0.2, 0.25) is 0 Å². The minimum absolute atomic E-state index is 0.361. The van der Waals surface area contributed by atoms with Crippen molar-refractivity contribution in [3.8, 4) is 6.07 Å². The summed E-state index contributed by atoms with van der Waals surface area (Å²) in [4.78, 5) is 2.15. The quantitative estimate of drug-likeness (QED) is 0.842. The van der Waals surface area contributed by atoms with E-state index in [-0.39, 0.29) is 0 Å². The standard InChI is InChI=1S/C13H17N3O/c1-16(9-12-10-17-6-5-15-12)13-4-2-3-11(7-13)8-14/h2-4,7,12,15H,5-6,9-10H2,1H3. The van der Waals surface area contributed by atoms with Crippen molar-refractivity contribution in [2.75, 3.05) is 38.3 Å². The van der Waals surface area contributed by atoms with E-state index < -0.39 is 0 Å². The van der Waals surface area contributed by atoms with Crippen LogP contribution in [-0.4, -0.2) is 39.4 Å². The Kier molecular flexibility index (Phi) is 3.97. The summed E-state index contributed by atoms with van der Waals surface area (Å²) in [6.07, 6.45) is 0. The molecule has 1 fully saturated rings. The second-order valence-electron chi connectivity index (χ2n) is 4.27. The molecule has 17 heavy (non-hydrogen) atoms. The number of ether oxygens (including phenoxy) is 1. The Morgan fingerprint density at radius 2 is 2.47 bits per heavy atom. The van der Waals surface area contributed by atoms with Crippen LogP contribution in [0, 0.1) is 11.3 Å². The second kappa shape index (κ2) is 5.67. The van der Waals surface area contributed by atoms with E-state index in [4.69, 9.17) is 10.00 Å². The molecule has 0 amide bonds. The minimum atomic E-state index is 0.361. The van der Waals surface area contributed by atoms with Gasteiger partial charge in [-0.05, 0) is 18.2 Å². The van der Waals surface area contributed by atoms with Gasteiger partial charge in [-0.1, -0.05) is 6.07 Å². The van der Waals surface area contributed by atoms with E-state index >= 15 is 0 Å². The largest absolute Gasteiger partial charge is 0.378 e. The molecule has 1 atom stereocenters. The fourth-order valence-electron chi connectivity index (χ4n) is 1.99. The van der Waals surface area contributed by atoms with Gasteiger partial charge in [0.05, 0.1) is 24.8 Å². The highest BCUT2D eigenvalue weighted by atomic mass is 16.5. The molecular weight excluding hydrogens is 214 g/mol.